The van der Waals surface area contributed by atoms with Gasteiger partial charge in [0.1, 0.15) is 5.75 Å². The summed E-state index contributed by atoms with van der Waals surface area (Å²) in [5.41, 5.74) is 2.35. The monoisotopic (exact) mass is 428 g/mol. The zero-order valence-corrected chi connectivity index (χ0v) is 18.0. The van der Waals surface area contributed by atoms with Gasteiger partial charge in [0, 0.05) is 4.88 Å². The molecule has 0 saturated carbocycles. The molecule has 8 nitrogen and oxygen atoms in total. The van der Waals surface area contributed by atoms with Gasteiger partial charge in [-0.2, -0.15) is 0 Å². The van der Waals surface area contributed by atoms with E-state index in [4.69, 9.17) is 9.15 Å². The minimum Gasteiger partial charge on any atom is -0.497 e. The van der Waals surface area contributed by atoms with Crippen molar-refractivity contribution in [1.82, 2.24) is 30.4 Å². The Morgan fingerprint density at radius 1 is 1.17 bits per heavy atom. The van der Waals surface area contributed by atoms with Crippen LogP contribution in [0.3, 0.4) is 0 Å². The first-order valence-corrected chi connectivity index (χ1v) is 10.9. The summed E-state index contributed by atoms with van der Waals surface area (Å²) in [5.74, 6) is 2.43. The molecule has 0 bridgehead atoms. The molecule has 4 aromatic rings. The minimum atomic E-state index is 0.501. The van der Waals surface area contributed by atoms with E-state index in [1.807, 2.05) is 24.3 Å². The topological polar surface area (TPSA) is 91.8 Å². The average molecular weight is 429 g/mol. The van der Waals surface area contributed by atoms with Crippen LogP contribution in [-0.4, -0.2) is 37.5 Å². The molecule has 0 aliphatic carbocycles. The van der Waals surface area contributed by atoms with Gasteiger partial charge in [0.05, 0.1) is 24.3 Å². The normalized spacial score (nSPS) is 11.1. The van der Waals surface area contributed by atoms with Crippen LogP contribution < -0.4 is 4.74 Å². The molecule has 0 amide bonds. The van der Waals surface area contributed by atoms with Gasteiger partial charge in [0.15, 0.2) is 0 Å². The van der Waals surface area contributed by atoms with Gasteiger partial charge in [-0.05, 0) is 53.1 Å². The quantitative estimate of drug-likeness (QED) is 0.389. The van der Waals surface area contributed by atoms with Gasteiger partial charge >= 0.3 is 0 Å². The maximum Gasteiger partial charge on any atom is 0.257 e. The standard InChI is InChI=1S/C19H20N6O2S2/c1-4-15-12(2)9-16(29-15)18-21-20-17(27-18)11-28-19-22-23-24-25(19)10-13-5-7-14(26-3)8-6-13/h5-9H,4,10-11H2,1-3H3. The number of nitrogens with zero attached hydrogens (tertiary/aromatic N) is 6. The maximum absolute atomic E-state index is 5.84. The number of hydrogen-bond donors (Lipinski definition) is 0. The molecular weight excluding hydrogens is 408 g/mol. The van der Waals surface area contributed by atoms with Crippen LogP contribution in [0.1, 0.15) is 28.8 Å². The van der Waals surface area contributed by atoms with Crippen molar-refractivity contribution in [2.75, 3.05) is 7.11 Å². The van der Waals surface area contributed by atoms with Crippen molar-refractivity contribution in [3.8, 4) is 16.5 Å². The Morgan fingerprint density at radius 2 is 2.00 bits per heavy atom. The van der Waals surface area contributed by atoms with Gasteiger partial charge in [-0.15, -0.1) is 26.6 Å². The van der Waals surface area contributed by atoms with Gasteiger partial charge in [-0.25, -0.2) is 4.68 Å². The lowest BCUT2D eigenvalue weighted by atomic mass is 10.2. The fraction of sp³-hybridized carbons (Fsp3) is 0.316. The lowest BCUT2D eigenvalue weighted by molar-refractivity contribution is 0.414. The Morgan fingerprint density at radius 3 is 2.72 bits per heavy atom. The van der Waals surface area contributed by atoms with Crippen molar-refractivity contribution < 1.29 is 9.15 Å². The highest BCUT2D eigenvalue weighted by atomic mass is 32.2. The second-order valence-corrected chi connectivity index (χ2v) is 8.41. The van der Waals surface area contributed by atoms with Crippen LogP contribution in [0, 0.1) is 6.92 Å². The molecular formula is C19H20N6O2S2. The lowest BCUT2D eigenvalue weighted by Gasteiger charge is -2.05. The summed E-state index contributed by atoms with van der Waals surface area (Å²) in [4.78, 5) is 2.35. The molecule has 0 N–H and O–H groups in total. The molecule has 0 aliphatic heterocycles. The van der Waals surface area contributed by atoms with Gasteiger partial charge < -0.3 is 9.15 Å². The molecule has 3 heterocycles. The molecule has 4 rings (SSSR count). The fourth-order valence-corrected chi connectivity index (χ4v) is 4.57. The summed E-state index contributed by atoms with van der Waals surface area (Å²) in [7, 11) is 1.65. The second-order valence-electron chi connectivity index (χ2n) is 6.33. The van der Waals surface area contributed by atoms with Crippen LogP contribution in [0.15, 0.2) is 39.9 Å². The number of aromatic nitrogens is 6. The third-order valence-electron chi connectivity index (χ3n) is 4.33. The van der Waals surface area contributed by atoms with Crippen LogP contribution in [0.4, 0.5) is 0 Å². The third kappa shape index (κ3) is 4.48. The molecule has 3 aromatic heterocycles. The summed E-state index contributed by atoms with van der Waals surface area (Å²) in [6, 6.07) is 9.93. The molecule has 0 spiro atoms. The third-order valence-corrected chi connectivity index (χ3v) is 6.65. The SMILES string of the molecule is CCc1sc(-c2nnc(CSc3nnnn3Cc3ccc(OC)cc3)o2)cc1C. The first-order valence-electron chi connectivity index (χ1n) is 9.10. The fourth-order valence-electron chi connectivity index (χ4n) is 2.82. The van der Waals surface area contributed by atoms with E-state index in [1.54, 1.807) is 23.1 Å². The Labute approximate surface area is 176 Å². The van der Waals surface area contributed by atoms with Crippen LogP contribution in [0.25, 0.3) is 10.8 Å². The van der Waals surface area contributed by atoms with Gasteiger partial charge in [-0.3, -0.25) is 0 Å². The number of thiophene rings is 1. The zero-order valence-electron chi connectivity index (χ0n) is 16.3. The summed E-state index contributed by atoms with van der Waals surface area (Å²) < 4.78 is 12.8. The van der Waals surface area contributed by atoms with Crippen molar-refractivity contribution in [2.24, 2.45) is 0 Å². The minimum absolute atomic E-state index is 0.501. The molecule has 29 heavy (non-hydrogen) atoms. The van der Waals surface area contributed by atoms with E-state index in [0.717, 1.165) is 22.6 Å². The van der Waals surface area contributed by atoms with E-state index < -0.39 is 0 Å². The molecule has 1 aromatic carbocycles. The Balaban J connectivity index is 1.41. The largest absolute Gasteiger partial charge is 0.497 e. The summed E-state index contributed by atoms with van der Waals surface area (Å²) in [6.45, 7) is 4.83. The van der Waals surface area contributed by atoms with Crippen molar-refractivity contribution >= 4 is 23.1 Å². The molecule has 10 heteroatoms. The predicted octanol–water partition coefficient (Wildman–Crippen LogP) is 4.00. The van der Waals surface area contributed by atoms with Crippen molar-refractivity contribution in [2.45, 2.75) is 37.7 Å². The molecule has 0 fully saturated rings. The molecule has 0 atom stereocenters. The van der Waals surface area contributed by atoms with E-state index in [-0.39, 0.29) is 0 Å². The van der Waals surface area contributed by atoms with Crippen molar-refractivity contribution in [1.29, 1.82) is 0 Å². The van der Waals surface area contributed by atoms with E-state index in [2.05, 4.69) is 45.6 Å². The van der Waals surface area contributed by atoms with Crippen LogP contribution >= 0.6 is 23.1 Å². The zero-order chi connectivity index (χ0) is 20.2. The highest BCUT2D eigenvalue weighted by molar-refractivity contribution is 7.98. The summed E-state index contributed by atoms with van der Waals surface area (Å²) in [6.07, 6.45) is 1.00. The van der Waals surface area contributed by atoms with Crippen LogP contribution in [0.2, 0.25) is 0 Å². The van der Waals surface area contributed by atoms with E-state index >= 15 is 0 Å². The van der Waals surface area contributed by atoms with Crippen LogP contribution in [-0.2, 0) is 18.7 Å². The number of hydrogen-bond acceptors (Lipinski definition) is 9. The van der Waals surface area contributed by atoms with E-state index in [9.17, 15) is 0 Å². The molecule has 0 aliphatic rings. The number of benzene rings is 1. The van der Waals surface area contributed by atoms with Crippen LogP contribution in [0.5, 0.6) is 5.75 Å². The molecule has 0 unspecified atom stereocenters. The first kappa shape index (κ1) is 19.6. The van der Waals surface area contributed by atoms with Gasteiger partial charge in [0.25, 0.3) is 5.89 Å². The van der Waals surface area contributed by atoms with Gasteiger partial charge in [-0.1, -0.05) is 30.8 Å². The molecule has 0 saturated heterocycles. The van der Waals surface area contributed by atoms with E-state index in [1.165, 1.54) is 22.2 Å². The Kier molecular flexibility index (Phi) is 5.91. The van der Waals surface area contributed by atoms with Crippen molar-refractivity contribution in [3.63, 3.8) is 0 Å². The van der Waals surface area contributed by atoms with Gasteiger partial charge in [0.2, 0.25) is 11.0 Å². The Bertz CT molecular complexity index is 1090. The number of aryl methyl sites for hydroxylation is 2. The average Bonchev–Trinajstić information content (AvgIpc) is 3.47. The highest BCUT2D eigenvalue weighted by Crippen LogP contribution is 2.31. The summed E-state index contributed by atoms with van der Waals surface area (Å²) >= 11 is 3.16. The Hall–Kier alpha value is -2.72. The molecule has 150 valence electrons. The number of thioether (sulfide) groups is 1. The summed E-state index contributed by atoms with van der Waals surface area (Å²) in [5, 5.41) is 21.0. The number of rotatable bonds is 8. The van der Waals surface area contributed by atoms with Crippen molar-refractivity contribution in [3.05, 3.63) is 52.2 Å². The smallest absolute Gasteiger partial charge is 0.257 e. The number of ether oxygens (including phenoxy) is 1. The predicted molar refractivity (Wildman–Crippen MR) is 111 cm³/mol. The first-order chi connectivity index (χ1) is 14.2. The maximum atomic E-state index is 5.84. The number of tetrazole rings is 1. The lowest BCUT2D eigenvalue weighted by Crippen LogP contribution is -2.04. The highest BCUT2D eigenvalue weighted by Gasteiger charge is 2.15. The number of methoxy groups -OCH3 is 1. The van der Waals surface area contributed by atoms with E-state index in [0.29, 0.717) is 29.2 Å². The molecule has 0 radical (unpaired) electrons. The second kappa shape index (κ2) is 8.75.